The summed E-state index contributed by atoms with van der Waals surface area (Å²) >= 11 is 1.57. The van der Waals surface area contributed by atoms with Gasteiger partial charge in [-0.3, -0.25) is 9.78 Å². The van der Waals surface area contributed by atoms with Gasteiger partial charge in [0.15, 0.2) is 5.78 Å². The van der Waals surface area contributed by atoms with Crippen LogP contribution in [0.2, 0.25) is 0 Å². The number of hydrogen-bond acceptors (Lipinski definition) is 5. The molecule has 2 aromatic heterocycles. The smallest absolute Gasteiger partial charge is 0.195 e. The number of ether oxygens (including phenoxy) is 1. The van der Waals surface area contributed by atoms with Gasteiger partial charge in [0.05, 0.1) is 22.7 Å². The number of Topliss-reactive ketones (excluding diaryl/α,β-unsaturated/α-hetero) is 1. The average molecular weight is 453 g/mol. The third-order valence-corrected chi connectivity index (χ3v) is 6.87. The summed E-state index contributed by atoms with van der Waals surface area (Å²) in [5.74, 6) is 0.749. The SMILES string of the molecule is Cc1cc(OCCCc2ccccc2)cc2c1C(c1scnc1C)=C(c1cccnc1)C2=O. The number of ketones is 1. The second-order valence-corrected chi connectivity index (χ2v) is 9.04. The molecular weight excluding hydrogens is 428 g/mol. The number of rotatable bonds is 7. The fourth-order valence-electron chi connectivity index (χ4n) is 4.39. The maximum absolute atomic E-state index is 13.7. The van der Waals surface area contributed by atoms with Gasteiger partial charge in [0.2, 0.25) is 0 Å². The van der Waals surface area contributed by atoms with Gasteiger partial charge in [-0.05, 0) is 61.6 Å². The summed E-state index contributed by atoms with van der Waals surface area (Å²) in [5.41, 5.74) is 9.23. The van der Waals surface area contributed by atoms with Gasteiger partial charge in [-0.15, -0.1) is 11.3 Å². The molecule has 1 aliphatic rings. The molecular formula is C28H24N2O2S. The molecule has 2 heterocycles. The van der Waals surface area contributed by atoms with Gasteiger partial charge < -0.3 is 4.74 Å². The Morgan fingerprint density at radius 3 is 2.58 bits per heavy atom. The maximum atomic E-state index is 13.7. The monoisotopic (exact) mass is 452 g/mol. The molecule has 4 aromatic rings. The minimum atomic E-state index is 0.0126. The Balaban J connectivity index is 1.47. The lowest BCUT2D eigenvalue weighted by Crippen LogP contribution is -2.03. The molecule has 0 N–H and O–H groups in total. The minimum Gasteiger partial charge on any atom is -0.494 e. The first-order valence-corrected chi connectivity index (χ1v) is 11.9. The number of nitrogens with zero attached hydrogens (tertiary/aromatic N) is 2. The highest BCUT2D eigenvalue weighted by atomic mass is 32.1. The second-order valence-electron chi connectivity index (χ2n) is 8.19. The number of thiazole rings is 1. The van der Waals surface area contributed by atoms with Crippen molar-refractivity contribution in [3.8, 4) is 5.75 Å². The van der Waals surface area contributed by atoms with Crippen LogP contribution in [0.4, 0.5) is 0 Å². The molecule has 33 heavy (non-hydrogen) atoms. The zero-order valence-corrected chi connectivity index (χ0v) is 19.5. The molecule has 0 radical (unpaired) electrons. The zero-order chi connectivity index (χ0) is 22.8. The molecule has 0 amide bonds. The Morgan fingerprint density at radius 2 is 1.85 bits per heavy atom. The highest BCUT2D eigenvalue weighted by Crippen LogP contribution is 2.46. The number of aryl methyl sites for hydroxylation is 3. The summed E-state index contributed by atoms with van der Waals surface area (Å²) in [4.78, 5) is 23.4. The largest absolute Gasteiger partial charge is 0.494 e. The van der Waals surface area contributed by atoms with E-state index in [0.717, 1.165) is 51.4 Å². The number of benzene rings is 2. The minimum absolute atomic E-state index is 0.0126. The molecule has 164 valence electrons. The summed E-state index contributed by atoms with van der Waals surface area (Å²) in [7, 11) is 0. The van der Waals surface area contributed by atoms with Crippen molar-refractivity contribution in [1.29, 1.82) is 0 Å². The van der Waals surface area contributed by atoms with E-state index in [-0.39, 0.29) is 5.78 Å². The van der Waals surface area contributed by atoms with Crippen molar-refractivity contribution in [2.75, 3.05) is 6.61 Å². The van der Waals surface area contributed by atoms with Gasteiger partial charge in [0.1, 0.15) is 5.75 Å². The van der Waals surface area contributed by atoms with E-state index in [1.54, 1.807) is 23.7 Å². The number of carbonyl (C=O) groups excluding carboxylic acids is 1. The lowest BCUT2D eigenvalue weighted by molar-refractivity contribution is 0.105. The van der Waals surface area contributed by atoms with Crippen molar-refractivity contribution in [3.05, 3.63) is 111 Å². The molecule has 2 aromatic carbocycles. The van der Waals surface area contributed by atoms with Gasteiger partial charge in [0.25, 0.3) is 0 Å². The van der Waals surface area contributed by atoms with Crippen LogP contribution < -0.4 is 4.74 Å². The molecule has 4 nitrogen and oxygen atoms in total. The van der Waals surface area contributed by atoms with Crippen molar-refractivity contribution < 1.29 is 9.53 Å². The van der Waals surface area contributed by atoms with E-state index >= 15 is 0 Å². The van der Waals surface area contributed by atoms with Gasteiger partial charge >= 0.3 is 0 Å². The molecule has 0 aliphatic heterocycles. The lowest BCUT2D eigenvalue weighted by atomic mass is 9.96. The first kappa shape index (κ1) is 21.3. The maximum Gasteiger partial charge on any atom is 0.195 e. The molecule has 0 unspecified atom stereocenters. The molecule has 0 saturated carbocycles. The highest BCUT2D eigenvalue weighted by Gasteiger charge is 2.34. The van der Waals surface area contributed by atoms with E-state index < -0.39 is 0 Å². The molecule has 1 aliphatic carbocycles. The number of aromatic nitrogens is 2. The van der Waals surface area contributed by atoms with Gasteiger partial charge in [0, 0.05) is 34.7 Å². The van der Waals surface area contributed by atoms with Crippen molar-refractivity contribution in [3.63, 3.8) is 0 Å². The third-order valence-electron chi connectivity index (χ3n) is 5.92. The van der Waals surface area contributed by atoms with Crippen LogP contribution in [-0.4, -0.2) is 22.4 Å². The predicted molar refractivity (Wildman–Crippen MR) is 133 cm³/mol. The normalized spacial score (nSPS) is 12.8. The number of carbonyl (C=O) groups is 1. The van der Waals surface area contributed by atoms with E-state index in [4.69, 9.17) is 4.74 Å². The first-order chi connectivity index (χ1) is 16.1. The molecule has 0 spiro atoms. The van der Waals surface area contributed by atoms with E-state index in [2.05, 4.69) is 34.2 Å². The molecule has 5 heteroatoms. The molecule has 0 bridgehead atoms. The quantitative estimate of drug-likeness (QED) is 0.308. The van der Waals surface area contributed by atoms with Crippen molar-refractivity contribution >= 4 is 28.3 Å². The third kappa shape index (κ3) is 4.12. The molecule has 0 atom stereocenters. The predicted octanol–water partition coefficient (Wildman–Crippen LogP) is 6.32. The van der Waals surface area contributed by atoms with Crippen LogP contribution in [0.5, 0.6) is 5.75 Å². The number of allylic oxidation sites excluding steroid dienone is 1. The summed E-state index contributed by atoms with van der Waals surface area (Å²) in [6, 6.07) is 18.1. The summed E-state index contributed by atoms with van der Waals surface area (Å²) < 4.78 is 6.08. The Labute approximate surface area is 197 Å². The van der Waals surface area contributed by atoms with E-state index in [9.17, 15) is 4.79 Å². The van der Waals surface area contributed by atoms with Crippen LogP contribution in [0.25, 0.3) is 11.1 Å². The number of hydrogen-bond donors (Lipinski definition) is 0. The van der Waals surface area contributed by atoms with E-state index in [1.807, 2.05) is 49.7 Å². The summed E-state index contributed by atoms with van der Waals surface area (Å²) in [5, 5.41) is 0. The average Bonchev–Trinajstić information content (AvgIpc) is 3.38. The van der Waals surface area contributed by atoms with Crippen LogP contribution in [0, 0.1) is 13.8 Å². The zero-order valence-electron chi connectivity index (χ0n) is 18.7. The topological polar surface area (TPSA) is 52.1 Å². The highest BCUT2D eigenvalue weighted by molar-refractivity contribution is 7.11. The van der Waals surface area contributed by atoms with Crippen LogP contribution in [0.1, 0.15) is 49.6 Å². The molecule has 0 fully saturated rings. The lowest BCUT2D eigenvalue weighted by Gasteiger charge is -2.12. The van der Waals surface area contributed by atoms with Crippen LogP contribution in [0.15, 0.2) is 72.5 Å². The Hall–Kier alpha value is -3.57. The fraction of sp³-hybridized carbons (Fsp3) is 0.179. The Morgan fingerprint density at radius 1 is 1.00 bits per heavy atom. The second kappa shape index (κ2) is 9.12. The standard InChI is InChI=1S/C28H24N2O2S/c1-18-14-22(32-13-7-10-20-8-4-3-5-9-20)15-23-24(18)26(28-19(2)30-17-33-28)25(27(23)31)21-11-6-12-29-16-21/h3-6,8-9,11-12,14-17H,7,10,13H2,1-2H3. The van der Waals surface area contributed by atoms with E-state index in [0.29, 0.717) is 17.7 Å². The Bertz CT molecular complexity index is 1340. The summed E-state index contributed by atoms with van der Waals surface area (Å²) in [6.07, 6.45) is 5.36. The number of pyridine rings is 1. The Kier molecular flexibility index (Phi) is 5.88. The van der Waals surface area contributed by atoms with Crippen molar-refractivity contribution in [2.45, 2.75) is 26.7 Å². The van der Waals surface area contributed by atoms with Crippen molar-refractivity contribution in [1.82, 2.24) is 9.97 Å². The van der Waals surface area contributed by atoms with E-state index in [1.165, 1.54) is 5.56 Å². The van der Waals surface area contributed by atoms with Gasteiger partial charge in [-0.1, -0.05) is 36.4 Å². The fourth-order valence-corrected chi connectivity index (χ4v) is 5.25. The first-order valence-electron chi connectivity index (χ1n) is 11.0. The van der Waals surface area contributed by atoms with Gasteiger partial charge in [-0.25, -0.2) is 4.98 Å². The van der Waals surface area contributed by atoms with Crippen LogP contribution in [-0.2, 0) is 6.42 Å². The van der Waals surface area contributed by atoms with Gasteiger partial charge in [-0.2, -0.15) is 0 Å². The molecule has 5 rings (SSSR count). The molecule has 0 saturated heterocycles. The summed E-state index contributed by atoms with van der Waals surface area (Å²) in [6.45, 7) is 4.64. The van der Waals surface area contributed by atoms with Crippen LogP contribution >= 0.6 is 11.3 Å². The number of fused-ring (bicyclic) bond motifs is 1. The van der Waals surface area contributed by atoms with Crippen molar-refractivity contribution in [2.24, 2.45) is 0 Å². The van der Waals surface area contributed by atoms with Crippen LogP contribution in [0.3, 0.4) is 0 Å².